The molecule has 2 saturated heterocycles. The van der Waals surface area contributed by atoms with Crippen molar-refractivity contribution in [1.82, 2.24) is 10.2 Å². The lowest BCUT2D eigenvalue weighted by molar-refractivity contribution is 0.0156. The molecule has 2 fully saturated rings. The number of amides is 1. The minimum atomic E-state index is -0.396. The Morgan fingerprint density at radius 2 is 1.89 bits per heavy atom. The maximum Gasteiger partial charge on any atom is 0.410 e. The van der Waals surface area contributed by atoms with Crippen LogP contribution in [0.25, 0.3) is 0 Å². The molecule has 2 heterocycles. The van der Waals surface area contributed by atoms with E-state index in [1.165, 1.54) is 12.8 Å². The third-order valence-electron chi connectivity index (χ3n) is 3.98. The smallest absolute Gasteiger partial charge is 0.410 e. The summed E-state index contributed by atoms with van der Waals surface area (Å²) in [5.41, 5.74) is -0.107. The van der Waals surface area contributed by atoms with Crippen LogP contribution >= 0.6 is 0 Å². The van der Waals surface area contributed by atoms with Gasteiger partial charge < -0.3 is 15.0 Å². The van der Waals surface area contributed by atoms with Gasteiger partial charge >= 0.3 is 6.09 Å². The molecule has 1 atom stereocenters. The molecule has 104 valence electrons. The fraction of sp³-hybridized carbons (Fsp3) is 0.929. The van der Waals surface area contributed by atoms with Crippen LogP contribution in [0.2, 0.25) is 0 Å². The van der Waals surface area contributed by atoms with Gasteiger partial charge in [-0.2, -0.15) is 0 Å². The molecule has 0 radical (unpaired) electrons. The molecule has 1 amide bonds. The SMILES string of the molecule is C[C@H]1CCC2(CCN(C(=O)OC(C)(C)C)CC2)N1. The van der Waals surface area contributed by atoms with E-state index in [-0.39, 0.29) is 11.6 Å². The number of nitrogens with one attached hydrogen (secondary N) is 1. The Hall–Kier alpha value is -0.770. The summed E-state index contributed by atoms with van der Waals surface area (Å²) < 4.78 is 5.42. The van der Waals surface area contributed by atoms with Gasteiger partial charge in [-0.15, -0.1) is 0 Å². The van der Waals surface area contributed by atoms with Gasteiger partial charge in [0.15, 0.2) is 0 Å². The van der Waals surface area contributed by atoms with Crippen molar-refractivity contribution in [1.29, 1.82) is 0 Å². The van der Waals surface area contributed by atoms with Crippen molar-refractivity contribution in [3.8, 4) is 0 Å². The van der Waals surface area contributed by atoms with E-state index in [1.54, 1.807) is 0 Å². The third-order valence-corrected chi connectivity index (χ3v) is 3.98. The Kier molecular flexibility index (Phi) is 3.58. The van der Waals surface area contributed by atoms with Crippen molar-refractivity contribution in [3.05, 3.63) is 0 Å². The molecule has 4 nitrogen and oxygen atoms in total. The Morgan fingerprint density at radius 1 is 1.28 bits per heavy atom. The van der Waals surface area contributed by atoms with E-state index in [9.17, 15) is 4.79 Å². The zero-order chi connectivity index (χ0) is 13.4. The van der Waals surface area contributed by atoms with Crippen LogP contribution in [0.4, 0.5) is 4.79 Å². The lowest BCUT2D eigenvalue weighted by Gasteiger charge is -2.40. The van der Waals surface area contributed by atoms with E-state index in [0.29, 0.717) is 6.04 Å². The first kappa shape index (κ1) is 13.7. The summed E-state index contributed by atoms with van der Waals surface area (Å²) in [6.07, 6.45) is 4.44. The Bertz CT molecular complexity index is 314. The van der Waals surface area contributed by atoms with Crippen LogP contribution in [0.1, 0.15) is 53.4 Å². The van der Waals surface area contributed by atoms with E-state index in [0.717, 1.165) is 25.9 Å². The summed E-state index contributed by atoms with van der Waals surface area (Å²) in [6, 6.07) is 0.623. The van der Waals surface area contributed by atoms with E-state index in [1.807, 2.05) is 25.7 Å². The molecule has 0 aromatic carbocycles. The van der Waals surface area contributed by atoms with Gasteiger partial charge in [0.05, 0.1) is 0 Å². The molecule has 18 heavy (non-hydrogen) atoms. The number of hydrogen-bond donors (Lipinski definition) is 1. The molecule has 2 aliphatic rings. The van der Waals surface area contributed by atoms with Gasteiger partial charge in [-0.3, -0.25) is 0 Å². The number of piperidine rings is 1. The molecule has 0 aromatic rings. The van der Waals surface area contributed by atoms with Crippen molar-refractivity contribution in [2.45, 2.75) is 70.6 Å². The molecule has 4 heteroatoms. The normalized spacial score (nSPS) is 27.6. The largest absolute Gasteiger partial charge is 0.444 e. The molecule has 0 bridgehead atoms. The molecule has 1 spiro atoms. The quantitative estimate of drug-likeness (QED) is 0.722. The zero-order valence-corrected chi connectivity index (χ0v) is 12.1. The van der Waals surface area contributed by atoms with Crippen molar-refractivity contribution in [2.75, 3.05) is 13.1 Å². The summed E-state index contributed by atoms with van der Waals surface area (Å²) in [7, 11) is 0. The molecular weight excluding hydrogens is 228 g/mol. The van der Waals surface area contributed by atoms with Gasteiger partial charge in [0.25, 0.3) is 0 Å². The highest BCUT2D eigenvalue weighted by Crippen LogP contribution is 2.33. The van der Waals surface area contributed by atoms with E-state index >= 15 is 0 Å². The standard InChI is InChI=1S/C14H26N2O2/c1-11-5-6-14(15-11)7-9-16(10-8-14)12(17)18-13(2,3)4/h11,15H,5-10H2,1-4H3/t11-/m0/s1. The lowest BCUT2D eigenvalue weighted by atomic mass is 9.86. The summed E-state index contributed by atoms with van der Waals surface area (Å²) in [6.45, 7) is 9.61. The molecule has 0 unspecified atom stereocenters. The monoisotopic (exact) mass is 254 g/mol. The van der Waals surface area contributed by atoms with E-state index in [4.69, 9.17) is 4.74 Å². The van der Waals surface area contributed by atoms with Gasteiger partial charge in [0, 0.05) is 24.7 Å². The van der Waals surface area contributed by atoms with Crippen LogP contribution < -0.4 is 5.32 Å². The fourth-order valence-electron chi connectivity index (χ4n) is 3.00. The minimum absolute atomic E-state index is 0.164. The second-order valence-electron chi connectivity index (χ2n) is 6.83. The topological polar surface area (TPSA) is 41.6 Å². The number of carbonyl (C=O) groups excluding carboxylic acids is 1. The van der Waals surface area contributed by atoms with E-state index < -0.39 is 5.60 Å². The van der Waals surface area contributed by atoms with Gasteiger partial charge in [0.1, 0.15) is 5.60 Å². The zero-order valence-electron chi connectivity index (χ0n) is 12.1. The second kappa shape index (κ2) is 4.72. The first-order valence-corrected chi connectivity index (χ1v) is 7.05. The summed E-state index contributed by atoms with van der Waals surface area (Å²) >= 11 is 0. The predicted octanol–water partition coefficient (Wildman–Crippen LogP) is 2.53. The van der Waals surface area contributed by atoms with E-state index in [2.05, 4.69) is 12.2 Å². The van der Waals surface area contributed by atoms with Crippen molar-refractivity contribution in [3.63, 3.8) is 0 Å². The number of likely N-dealkylation sites (tertiary alicyclic amines) is 1. The van der Waals surface area contributed by atoms with Crippen molar-refractivity contribution >= 4 is 6.09 Å². The maximum atomic E-state index is 12.0. The predicted molar refractivity (Wildman–Crippen MR) is 71.6 cm³/mol. The average Bonchev–Trinajstić information content (AvgIpc) is 2.58. The van der Waals surface area contributed by atoms with Crippen LogP contribution in [-0.4, -0.2) is 41.3 Å². The lowest BCUT2D eigenvalue weighted by Crippen LogP contribution is -2.53. The van der Waals surface area contributed by atoms with Crippen LogP contribution in [0.5, 0.6) is 0 Å². The van der Waals surface area contributed by atoms with Gasteiger partial charge in [-0.05, 0) is 53.4 Å². The second-order valence-corrected chi connectivity index (χ2v) is 6.83. The first-order chi connectivity index (χ1) is 8.30. The third kappa shape index (κ3) is 3.16. The number of hydrogen-bond acceptors (Lipinski definition) is 3. The minimum Gasteiger partial charge on any atom is -0.444 e. The molecular formula is C14H26N2O2. The Morgan fingerprint density at radius 3 is 2.33 bits per heavy atom. The van der Waals surface area contributed by atoms with Crippen LogP contribution in [-0.2, 0) is 4.74 Å². The highest BCUT2D eigenvalue weighted by Gasteiger charge is 2.40. The van der Waals surface area contributed by atoms with Crippen molar-refractivity contribution in [2.24, 2.45) is 0 Å². The number of rotatable bonds is 0. The van der Waals surface area contributed by atoms with Gasteiger partial charge in [0.2, 0.25) is 0 Å². The van der Waals surface area contributed by atoms with Crippen LogP contribution in [0, 0.1) is 0 Å². The molecule has 0 aliphatic carbocycles. The Balaban J connectivity index is 1.85. The van der Waals surface area contributed by atoms with Gasteiger partial charge in [-0.25, -0.2) is 4.79 Å². The summed E-state index contributed by atoms with van der Waals surface area (Å²) in [5, 5.41) is 3.70. The highest BCUT2D eigenvalue weighted by atomic mass is 16.6. The summed E-state index contributed by atoms with van der Waals surface area (Å²) in [5.74, 6) is 0. The number of carbonyl (C=O) groups is 1. The molecule has 2 aliphatic heterocycles. The molecule has 1 N–H and O–H groups in total. The highest BCUT2D eigenvalue weighted by molar-refractivity contribution is 5.68. The van der Waals surface area contributed by atoms with Crippen LogP contribution in [0.3, 0.4) is 0 Å². The maximum absolute atomic E-state index is 12.0. The number of ether oxygens (including phenoxy) is 1. The number of nitrogens with zero attached hydrogens (tertiary/aromatic N) is 1. The molecule has 0 saturated carbocycles. The van der Waals surface area contributed by atoms with Gasteiger partial charge in [-0.1, -0.05) is 0 Å². The van der Waals surface area contributed by atoms with Crippen LogP contribution in [0.15, 0.2) is 0 Å². The fourth-order valence-corrected chi connectivity index (χ4v) is 3.00. The van der Waals surface area contributed by atoms with Crippen molar-refractivity contribution < 1.29 is 9.53 Å². The Labute approximate surface area is 110 Å². The molecule has 2 rings (SSSR count). The first-order valence-electron chi connectivity index (χ1n) is 7.05. The molecule has 0 aromatic heterocycles. The summed E-state index contributed by atoms with van der Waals surface area (Å²) in [4.78, 5) is 13.8. The average molecular weight is 254 g/mol.